The molecule has 3 aromatic rings. The van der Waals surface area contributed by atoms with E-state index < -0.39 is 11.1 Å². The number of hydrogen-bond acceptors (Lipinski definition) is 8. The number of nitrogens with zero attached hydrogens (tertiary/aromatic N) is 4. The minimum atomic E-state index is -0.948. The zero-order valence-corrected chi connectivity index (χ0v) is 18.2. The molecular weight excluding hydrogens is 420 g/mol. The quantitative estimate of drug-likeness (QED) is 0.387. The molecule has 2 aromatic heterocycles. The maximum absolute atomic E-state index is 10.9. The first kappa shape index (κ1) is 19.7. The van der Waals surface area contributed by atoms with Gasteiger partial charge in [-0.25, -0.2) is 9.98 Å². The zero-order chi connectivity index (χ0) is 20.7. The number of fused-ring (bicyclic) bond motifs is 1. The highest BCUT2D eigenvalue weighted by Gasteiger charge is 2.36. The topological polar surface area (TPSA) is 110 Å². The second-order valence-corrected chi connectivity index (χ2v) is 10.5. The van der Waals surface area contributed by atoms with Crippen molar-refractivity contribution in [3.63, 3.8) is 0 Å². The largest absolute Gasteiger partial charge is 0.507 e. The van der Waals surface area contributed by atoms with Crippen molar-refractivity contribution in [3.8, 4) is 16.9 Å². The lowest BCUT2D eigenvalue weighted by Gasteiger charge is -2.40. The van der Waals surface area contributed by atoms with Crippen molar-refractivity contribution in [2.24, 2.45) is 4.99 Å². The third-order valence-electron chi connectivity index (χ3n) is 5.74. The lowest BCUT2D eigenvalue weighted by molar-refractivity contribution is 0.184. The molecule has 0 aliphatic carbocycles. The number of phenols is 1. The second-order valence-electron chi connectivity index (χ2n) is 7.53. The van der Waals surface area contributed by atoms with Crippen LogP contribution >= 0.6 is 22.4 Å². The molecule has 10 heteroatoms. The van der Waals surface area contributed by atoms with Gasteiger partial charge in [0.2, 0.25) is 0 Å². The molecule has 5 rings (SSSR count). The van der Waals surface area contributed by atoms with Crippen LogP contribution in [0.4, 0.5) is 5.00 Å². The van der Waals surface area contributed by atoms with E-state index in [-0.39, 0.29) is 18.4 Å². The normalized spacial score (nSPS) is 24.8. The number of thiol groups is 1. The number of H-pyrrole nitrogens is 1. The molecule has 1 saturated heterocycles. The Hall–Kier alpha value is -2.24. The highest BCUT2D eigenvalue weighted by atomic mass is 32.2. The monoisotopic (exact) mass is 444 g/mol. The van der Waals surface area contributed by atoms with Gasteiger partial charge in [-0.15, -0.1) is 22.4 Å². The van der Waals surface area contributed by atoms with Crippen LogP contribution in [0.1, 0.15) is 18.4 Å². The Morgan fingerprint density at radius 2 is 2.23 bits per heavy atom. The number of piperidine rings is 1. The van der Waals surface area contributed by atoms with Gasteiger partial charge in [-0.2, -0.15) is 5.10 Å². The van der Waals surface area contributed by atoms with Gasteiger partial charge in [0.25, 0.3) is 0 Å². The highest BCUT2D eigenvalue weighted by molar-refractivity contribution is 8.29. The molecule has 0 amide bonds. The number of phenolic OH excluding ortho intramolecular Hbond substituents is 1. The molecule has 0 radical (unpaired) electrons. The summed E-state index contributed by atoms with van der Waals surface area (Å²) >= 11 is 0.587. The predicted octanol–water partition coefficient (Wildman–Crippen LogP) is 2.65. The summed E-state index contributed by atoms with van der Waals surface area (Å²) in [7, 11) is 2.12. The molecule has 0 spiro atoms. The second kappa shape index (κ2) is 8.12. The van der Waals surface area contributed by atoms with Gasteiger partial charge in [0.1, 0.15) is 15.8 Å². The number of aromatic amines is 1. The van der Waals surface area contributed by atoms with E-state index in [1.54, 1.807) is 18.5 Å². The van der Waals surface area contributed by atoms with Crippen molar-refractivity contribution >= 4 is 32.5 Å². The Labute approximate surface area is 181 Å². The van der Waals surface area contributed by atoms with Gasteiger partial charge in [-0.3, -0.25) is 9.40 Å². The summed E-state index contributed by atoms with van der Waals surface area (Å²) in [5.74, 6) is 0.210. The molecule has 3 atom stereocenters. The summed E-state index contributed by atoms with van der Waals surface area (Å²) in [6.45, 7) is 1.02. The fraction of sp³-hybridized carbons (Fsp3) is 0.350. The Morgan fingerprint density at radius 1 is 1.33 bits per heavy atom. The zero-order valence-electron chi connectivity index (χ0n) is 16.5. The number of aliphatic hydroxyl groups excluding tert-OH is 1. The fourth-order valence-corrected chi connectivity index (χ4v) is 7.58. The van der Waals surface area contributed by atoms with Crippen LogP contribution in [-0.4, -0.2) is 67.0 Å². The number of hydrogen-bond donors (Lipinski definition) is 5. The molecule has 1 aromatic carbocycles. The van der Waals surface area contributed by atoms with E-state index in [1.807, 2.05) is 17.6 Å². The van der Waals surface area contributed by atoms with E-state index >= 15 is 0 Å². The van der Waals surface area contributed by atoms with Gasteiger partial charge in [0.05, 0.1) is 18.3 Å². The smallest absolute Gasteiger partial charge is 0.150 e. The Morgan fingerprint density at radius 3 is 3.00 bits per heavy atom. The highest BCUT2D eigenvalue weighted by Crippen LogP contribution is 2.55. The molecule has 1 unspecified atom stereocenters. The number of aromatic hydroxyl groups is 1. The van der Waals surface area contributed by atoms with Gasteiger partial charge in [0, 0.05) is 29.4 Å². The van der Waals surface area contributed by atoms with Crippen molar-refractivity contribution in [1.29, 1.82) is 0 Å². The summed E-state index contributed by atoms with van der Waals surface area (Å²) in [4.78, 5) is 9.52. The minimum Gasteiger partial charge on any atom is -0.507 e. The maximum Gasteiger partial charge on any atom is 0.150 e. The number of benzene rings is 1. The first-order chi connectivity index (χ1) is 14.7. The third-order valence-corrected chi connectivity index (χ3v) is 9.04. The third kappa shape index (κ3) is 3.44. The number of aliphatic hydroxyl groups is 1. The van der Waals surface area contributed by atoms with Gasteiger partial charge in [-0.1, -0.05) is 6.07 Å². The number of aromatic nitrogens is 3. The van der Waals surface area contributed by atoms with E-state index in [2.05, 4.69) is 31.9 Å². The summed E-state index contributed by atoms with van der Waals surface area (Å²) < 4.78 is 2.37. The van der Waals surface area contributed by atoms with Crippen LogP contribution in [0.5, 0.6) is 5.75 Å². The number of nitrogens with one attached hydrogen (secondary N) is 2. The standard InChI is InChI=1S/C20H24N6O2S2/c1-26(15-4-5-21-14(7-15)10-27)30-19(25-18-20(30)22-11-29-18)16-3-2-12(6-17(16)28)13-8-23-24-9-13/h2-3,6,8-9,11,14-15,21,27-28,30H,4-5,7,10H2,1H3,(H,23,24)/t14-,15+/m1/s1. The van der Waals surface area contributed by atoms with Gasteiger partial charge in [0.15, 0.2) is 5.00 Å². The number of aliphatic imine (C=N–C) groups is 1. The molecule has 158 valence electrons. The number of rotatable bonds is 5. The van der Waals surface area contributed by atoms with Crippen LogP contribution in [0.15, 0.2) is 46.1 Å². The van der Waals surface area contributed by atoms with Crippen molar-refractivity contribution in [2.45, 2.75) is 30.0 Å². The SMILES string of the molecule is CN([C@H]1CCN[C@@H](CO)C1)[SH]1C(c2ccc(-c3cn[nH]c3)cc2O)=Nc2scnc21. The molecule has 4 N–H and O–H groups in total. The first-order valence-electron chi connectivity index (χ1n) is 9.87. The van der Waals surface area contributed by atoms with Crippen LogP contribution in [0.25, 0.3) is 11.1 Å². The average Bonchev–Trinajstić information content (AvgIpc) is 3.50. The van der Waals surface area contributed by atoms with Crippen molar-refractivity contribution in [3.05, 3.63) is 41.7 Å². The van der Waals surface area contributed by atoms with E-state index in [0.29, 0.717) is 6.04 Å². The van der Waals surface area contributed by atoms with Crippen molar-refractivity contribution in [1.82, 2.24) is 24.8 Å². The van der Waals surface area contributed by atoms with Crippen LogP contribution < -0.4 is 5.32 Å². The van der Waals surface area contributed by atoms with Gasteiger partial charge < -0.3 is 15.5 Å². The summed E-state index contributed by atoms with van der Waals surface area (Å²) in [5.41, 5.74) is 4.42. The summed E-state index contributed by atoms with van der Waals surface area (Å²) in [6, 6.07) is 6.13. The lowest BCUT2D eigenvalue weighted by Crippen LogP contribution is -2.47. The molecule has 2 aliphatic heterocycles. The van der Waals surface area contributed by atoms with E-state index in [0.717, 1.165) is 51.1 Å². The average molecular weight is 445 g/mol. The molecule has 0 bridgehead atoms. The van der Waals surface area contributed by atoms with Crippen molar-refractivity contribution in [2.75, 3.05) is 20.2 Å². The van der Waals surface area contributed by atoms with Crippen LogP contribution in [0.2, 0.25) is 0 Å². The van der Waals surface area contributed by atoms with Crippen LogP contribution in [-0.2, 0) is 0 Å². The Bertz CT molecular complexity index is 1070. The molecule has 1 fully saturated rings. The van der Waals surface area contributed by atoms with Gasteiger partial charge in [-0.05, 0) is 44.1 Å². The fourth-order valence-electron chi connectivity index (χ4n) is 4.11. The first-order valence-corrected chi connectivity index (χ1v) is 12.0. The van der Waals surface area contributed by atoms with Crippen LogP contribution in [0.3, 0.4) is 0 Å². The van der Waals surface area contributed by atoms with Crippen LogP contribution in [0, 0.1) is 0 Å². The van der Waals surface area contributed by atoms with E-state index in [4.69, 9.17) is 4.99 Å². The molecule has 2 aliphatic rings. The van der Waals surface area contributed by atoms with Crippen molar-refractivity contribution < 1.29 is 10.2 Å². The lowest BCUT2D eigenvalue weighted by atomic mass is 10.0. The summed E-state index contributed by atoms with van der Waals surface area (Å²) in [6.07, 6.45) is 5.42. The minimum absolute atomic E-state index is 0.113. The predicted molar refractivity (Wildman–Crippen MR) is 121 cm³/mol. The molecule has 8 nitrogen and oxygen atoms in total. The molecule has 30 heavy (non-hydrogen) atoms. The van der Waals surface area contributed by atoms with E-state index in [1.165, 1.54) is 11.3 Å². The molecule has 0 saturated carbocycles. The molecular formula is C20H24N6O2S2. The maximum atomic E-state index is 10.9. The Balaban J connectivity index is 1.49. The Kier molecular flexibility index (Phi) is 5.34. The van der Waals surface area contributed by atoms with Gasteiger partial charge >= 0.3 is 0 Å². The number of thiazole rings is 1. The van der Waals surface area contributed by atoms with E-state index in [9.17, 15) is 10.2 Å². The summed E-state index contributed by atoms with van der Waals surface area (Å²) in [5, 5.41) is 33.5. The molecule has 4 heterocycles.